The van der Waals surface area contributed by atoms with Gasteiger partial charge in [0.05, 0.1) is 17.4 Å². The van der Waals surface area contributed by atoms with E-state index in [1.54, 1.807) is 0 Å². The van der Waals surface area contributed by atoms with Crippen LogP contribution in [0.5, 0.6) is 0 Å². The van der Waals surface area contributed by atoms with Gasteiger partial charge < -0.3 is 10.4 Å². The Morgan fingerprint density at radius 3 is 2.87 bits per heavy atom. The lowest BCUT2D eigenvalue weighted by molar-refractivity contribution is -0.116. The van der Waals surface area contributed by atoms with E-state index in [0.717, 1.165) is 0 Å². The molecule has 0 bridgehead atoms. The molecule has 0 spiro atoms. The second-order valence-electron chi connectivity index (χ2n) is 3.02. The van der Waals surface area contributed by atoms with Crippen LogP contribution in [0, 0.1) is 0 Å². The molecule has 1 aromatic heterocycles. The van der Waals surface area contributed by atoms with E-state index in [-0.39, 0.29) is 17.2 Å². The first kappa shape index (κ1) is 11.2. The summed E-state index contributed by atoms with van der Waals surface area (Å²) in [5, 5.41) is 11.3. The van der Waals surface area contributed by atoms with Crippen LogP contribution in [-0.2, 0) is 4.79 Å². The third-order valence-corrected chi connectivity index (χ3v) is 1.80. The molecular weight excluding hydrogens is 196 g/mol. The number of carboxylic acid groups (broad SMARTS) is 1. The predicted octanol–water partition coefficient (Wildman–Crippen LogP) is 1.52. The first-order chi connectivity index (χ1) is 7.15. The highest BCUT2D eigenvalue weighted by atomic mass is 16.4. The Labute approximate surface area is 87.1 Å². The summed E-state index contributed by atoms with van der Waals surface area (Å²) in [5.41, 5.74) is 0.290. The number of nitrogens with one attached hydrogen (secondary N) is 1. The summed E-state index contributed by atoms with van der Waals surface area (Å²) in [5.74, 6) is -1.28. The predicted molar refractivity (Wildman–Crippen MR) is 54.7 cm³/mol. The molecule has 1 aromatic rings. The number of aromatic carboxylic acids is 1. The van der Waals surface area contributed by atoms with Gasteiger partial charge in [-0.15, -0.1) is 0 Å². The number of amides is 1. The van der Waals surface area contributed by atoms with Gasteiger partial charge in [0.1, 0.15) is 0 Å². The molecule has 0 unspecified atom stereocenters. The van der Waals surface area contributed by atoms with E-state index in [4.69, 9.17) is 5.11 Å². The SMILES string of the molecule is CCCC(=O)Nc1cnccc1C(=O)O. The first-order valence-corrected chi connectivity index (χ1v) is 4.62. The van der Waals surface area contributed by atoms with E-state index < -0.39 is 5.97 Å². The van der Waals surface area contributed by atoms with Crippen LogP contribution in [0.4, 0.5) is 5.69 Å². The zero-order chi connectivity index (χ0) is 11.3. The van der Waals surface area contributed by atoms with E-state index >= 15 is 0 Å². The van der Waals surface area contributed by atoms with Crippen LogP contribution in [0.1, 0.15) is 30.1 Å². The molecule has 0 atom stereocenters. The molecule has 5 nitrogen and oxygen atoms in total. The van der Waals surface area contributed by atoms with Crippen molar-refractivity contribution in [3.05, 3.63) is 24.0 Å². The Bertz CT molecular complexity index is 377. The molecule has 0 aliphatic carbocycles. The molecule has 0 aliphatic heterocycles. The zero-order valence-electron chi connectivity index (χ0n) is 8.36. The Morgan fingerprint density at radius 2 is 2.27 bits per heavy atom. The normalized spacial score (nSPS) is 9.67. The molecule has 0 radical (unpaired) electrons. The quantitative estimate of drug-likeness (QED) is 0.786. The van der Waals surface area contributed by atoms with Crippen molar-refractivity contribution in [2.45, 2.75) is 19.8 Å². The number of carboxylic acids is 1. The van der Waals surface area contributed by atoms with Gasteiger partial charge in [0.25, 0.3) is 0 Å². The van der Waals surface area contributed by atoms with Crippen LogP contribution in [0.2, 0.25) is 0 Å². The standard InChI is InChI=1S/C10H12N2O3/c1-2-3-9(13)12-8-6-11-5-4-7(8)10(14)15/h4-6H,2-3H2,1H3,(H,12,13)(H,14,15). The molecule has 0 saturated carbocycles. The summed E-state index contributed by atoms with van der Waals surface area (Å²) in [6.07, 6.45) is 3.79. The summed E-state index contributed by atoms with van der Waals surface area (Å²) < 4.78 is 0. The van der Waals surface area contributed by atoms with Crippen LogP contribution < -0.4 is 5.32 Å². The van der Waals surface area contributed by atoms with Crippen LogP contribution in [0.25, 0.3) is 0 Å². The Morgan fingerprint density at radius 1 is 1.53 bits per heavy atom. The van der Waals surface area contributed by atoms with Crippen LogP contribution >= 0.6 is 0 Å². The van der Waals surface area contributed by atoms with Gasteiger partial charge in [0.15, 0.2) is 0 Å². The van der Waals surface area contributed by atoms with Crippen LogP contribution in [0.3, 0.4) is 0 Å². The summed E-state index contributed by atoms with van der Waals surface area (Å²) in [6, 6.07) is 1.35. The highest BCUT2D eigenvalue weighted by Crippen LogP contribution is 2.13. The second-order valence-corrected chi connectivity index (χ2v) is 3.02. The highest BCUT2D eigenvalue weighted by molar-refractivity contribution is 6.00. The van der Waals surface area contributed by atoms with Gasteiger partial charge in [-0.05, 0) is 12.5 Å². The third kappa shape index (κ3) is 3.05. The number of pyridine rings is 1. The Hall–Kier alpha value is -1.91. The molecule has 0 aliphatic rings. The lowest BCUT2D eigenvalue weighted by atomic mass is 10.2. The van der Waals surface area contributed by atoms with Crippen molar-refractivity contribution in [2.24, 2.45) is 0 Å². The fourth-order valence-electron chi connectivity index (χ4n) is 1.12. The minimum atomic E-state index is -1.08. The van der Waals surface area contributed by atoms with Gasteiger partial charge in [-0.3, -0.25) is 9.78 Å². The average molecular weight is 208 g/mol. The maximum atomic E-state index is 11.3. The maximum Gasteiger partial charge on any atom is 0.337 e. The fourth-order valence-corrected chi connectivity index (χ4v) is 1.12. The molecule has 0 fully saturated rings. The minimum absolute atomic E-state index is 0.0504. The summed E-state index contributed by atoms with van der Waals surface area (Å²) >= 11 is 0. The van der Waals surface area contributed by atoms with E-state index in [0.29, 0.717) is 12.8 Å². The fraction of sp³-hybridized carbons (Fsp3) is 0.300. The lowest BCUT2D eigenvalue weighted by Crippen LogP contribution is -2.14. The van der Waals surface area contributed by atoms with Crippen LogP contribution in [0.15, 0.2) is 18.5 Å². The van der Waals surface area contributed by atoms with Gasteiger partial charge in [0, 0.05) is 12.6 Å². The lowest BCUT2D eigenvalue weighted by Gasteiger charge is -2.06. The number of hydrogen-bond donors (Lipinski definition) is 2. The van der Waals surface area contributed by atoms with Crippen molar-refractivity contribution >= 4 is 17.6 Å². The van der Waals surface area contributed by atoms with Crippen molar-refractivity contribution in [3.63, 3.8) is 0 Å². The number of nitrogens with zero attached hydrogens (tertiary/aromatic N) is 1. The molecule has 0 saturated heterocycles. The second kappa shape index (κ2) is 5.09. The van der Waals surface area contributed by atoms with E-state index in [1.807, 2.05) is 6.92 Å². The monoisotopic (exact) mass is 208 g/mol. The molecule has 1 amide bonds. The van der Waals surface area contributed by atoms with Crippen molar-refractivity contribution in [1.29, 1.82) is 0 Å². The molecule has 1 heterocycles. The molecule has 5 heteroatoms. The van der Waals surface area contributed by atoms with Crippen molar-refractivity contribution < 1.29 is 14.7 Å². The van der Waals surface area contributed by atoms with E-state index in [9.17, 15) is 9.59 Å². The number of carbonyl (C=O) groups is 2. The van der Waals surface area contributed by atoms with Gasteiger partial charge >= 0.3 is 5.97 Å². The summed E-state index contributed by atoms with van der Waals surface area (Å²) in [7, 11) is 0. The Kier molecular flexibility index (Phi) is 3.79. The highest BCUT2D eigenvalue weighted by Gasteiger charge is 2.11. The number of rotatable bonds is 4. The van der Waals surface area contributed by atoms with Gasteiger partial charge in [-0.1, -0.05) is 6.92 Å². The van der Waals surface area contributed by atoms with Crippen LogP contribution in [-0.4, -0.2) is 22.0 Å². The summed E-state index contributed by atoms with van der Waals surface area (Å²) in [4.78, 5) is 25.8. The van der Waals surface area contributed by atoms with Crippen molar-refractivity contribution in [3.8, 4) is 0 Å². The smallest absolute Gasteiger partial charge is 0.337 e. The maximum absolute atomic E-state index is 11.3. The number of carbonyl (C=O) groups excluding carboxylic acids is 1. The number of hydrogen-bond acceptors (Lipinski definition) is 3. The van der Waals surface area contributed by atoms with E-state index in [1.165, 1.54) is 18.5 Å². The zero-order valence-corrected chi connectivity index (χ0v) is 8.36. The minimum Gasteiger partial charge on any atom is -0.478 e. The van der Waals surface area contributed by atoms with Crippen molar-refractivity contribution in [1.82, 2.24) is 4.98 Å². The molecule has 15 heavy (non-hydrogen) atoms. The van der Waals surface area contributed by atoms with Crippen molar-refractivity contribution in [2.75, 3.05) is 5.32 Å². The number of aromatic nitrogens is 1. The van der Waals surface area contributed by atoms with Gasteiger partial charge in [-0.2, -0.15) is 0 Å². The molecular formula is C10H12N2O3. The first-order valence-electron chi connectivity index (χ1n) is 4.62. The Balaban J connectivity index is 2.84. The third-order valence-electron chi connectivity index (χ3n) is 1.80. The average Bonchev–Trinajstić information content (AvgIpc) is 2.18. The number of anilines is 1. The molecule has 0 aromatic carbocycles. The van der Waals surface area contributed by atoms with E-state index in [2.05, 4.69) is 10.3 Å². The molecule has 80 valence electrons. The largest absolute Gasteiger partial charge is 0.478 e. The topological polar surface area (TPSA) is 79.3 Å². The molecule has 2 N–H and O–H groups in total. The van der Waals surface area contributed by atoms with Gasteiger partial charge in [-0.25, -0.2) is 4.79 Å². The van der Waals surface area contributed by atoms with Gasteiger partial charge in [0.2, 0.25) is 5.91 Å². The summed E-state index contributed by atoms with van der Waals surface area (Å²) in [6.45, 7) is 1.88. The molecule has 1 rings (SSSR count).